The van der Waals surface area contributed by atoms with E-state index in [2.05, 4.69) is 9.47 Å². The van der Waals surface area contributed by atoms with Crippen LogP contribution in [0.3, 0.4) is 0 Å². The molecule has 0 amide bonds. The van der Waals surface area contributed by atoms with Gasteiger partial charge in [-0.2, -0.15) is 0 Å². The van der Waals surface area contributed by atoms with Gasteiger partial charge in [0.05, 0.1) is 26.1 Å². The van der Waals surface area contributed by atoms with E-state index in [4.69, 9.17) is 0 Å². The first-order valence-corrected chi connectivity index (χ1v) is 9.29. The summed E-state index contributed by atoms with van der Waals surface area (Å²) in [5, 5.41) is 9.27. The molecular formula is C19H34O6. The van der Waals surface area contributed by atoms with Crippen molar-refractivity contribution in [1.29, 1.82) is 0 Å². The number of carbonyl (C=O) groups is 3. The summed E-state index contributed by atoms with van der Waals surface area (Å²) in [7, 11) is 2.73. The Morgan fingerprint density at radius 1 is 0.840 bits per heavy atom. The number of esters is 2. The summed E-state index contributed by atoms with van der Waals surface area (Å²) in [6, 6.07) is 0. The summed E-state index contributed by atoms with van der Waals surface area (Å²) in [5.74, 6) is -2.18. The summed E-state index contributed by atoms with van der Waals surface area (Å²) in [4.78, 5) is 33.7. The first-order valence-electron chi connectivity index (χ1n) is 9.29. The van der Waals surface area contributed by atoms with Gasteiger partial charge in [-0.05, 0) is 19.3 Å². The van der Waals surface area contributed by atoms with E-state index < -0.39 is 11.9 Å². The lowest BCUT2D eigenvalue weighted by Crippen LogP contribution is -2.22. The van der Waals surface area contributed by atoms with Gasteiger partial charge in [-0.3, -0.25) is 14.4 Å². The van der Waals surface area contributed by atoms with Crippen molar-refractivity contribution in [1.82, 2.24) is 0 Å². The summed E-state index contributed by atoms with van der Waals surface area (Å²) in [5.41, 5.74) is 0. The fourth-order valence-electron chi connectivity index (χ4n) is 2.89. The molecule has 0 aliphatic rings. The molecule has 0 heterocycles. The van der Waals surface area contributed by atoms with Gasteiger partial charge in [-0.15, -0.1) is 0 Å². The highest BCUT2D eigenvalue weighted by molar-refractivity contribution is 5.74. The maximum atomic E-state index is 11.4. The van der Waals surface area contributed by atoms with Crippen molar-refractivity contribution < 1.29 is 29.0 Å². The van der Waals surface area contributed by atoms with Crippen LogP contribution >= 0.6 is 0 Å². The summed E-state index contributed by atoms with van der Waals surface area (Å²) in [6.45, 7) is 1.71. The van der Waals surface area contributed by atoms with Crippen LogP contribution in [-0.4, -0.2) is 37.2 Å². The van der Waals surface area contributed by atoms with Crippen molar-refractivity contribution in [3.8, 4) is 0 Å². The molecule has 0 radical (unpaired) electrons. The standard InChI is InChI=1S/C19H34O6/c1-15(19(23)25-3)14-16(18(21)22)12-10-8-6-4-5-7-9-11-13-17(20)24-2/h15-16H,4-14H2,1-3H3,(H,21,22). The van der Waals surface area contributed by atoms with Gasteiger partial charge in [0.15, 0.2) is 0 Å². The second kappa shape index (κ2) is 14.7. The van der Waals surface area contributed by atoms with Crippen LogP contribution in [0.4, 0.5) is 0 Å². The highest BCUT2D eigenvalue weighted by Gasteiger charge is 2.24. The fraction of sp³-hybridized carbons (Fsp3) is 0.842. The van der Waals surface area contributed by atoms with Crippen LogP contribution in [-0.2, 0) is 23.9 Å². The molecule has 0 aromatic rings. The van der Waals surface area contributed by atoms with Crippen LogP contribution in [0.1, 0.15) is 77.6 Å². The molecular weight excluding hydrogens is 324 g/mol. The number of ether oxygens (including phenoxy) is 2. The van der Waals surface area contributed by atoms with E-state index in [1.807, 2.05) is 0 Å². The van der Waals surface area contributed by atoms with E-state index in [1.165, 1.54) is 14.2 Å². The number of unbranched alkanes of at least 4 members (excludes halogenated alkanes) is 7. The number of rotatable bonds is 15. The van der Waals surface area contributed by atoms with Crippen molar-refractivity contribution in [3.63, 3.8) is 0 Å². The average Bonchev–Trinajstić information content (AvgIpc) is 2.60. The molecule has 2 unspecified atom stereocenters. The Bertz CT molecular complexity index is 393. The quantitative estimate of drug-likeness (QED) is 0.352. The number of carboxylic acids is 1. The first kappa shape index (κ1) is 23.4. The lowest BCUT2D eigenvalue weighted by Gasteiger charge is -2.16. The molecule has 2 atom stereocenters. The Morgan fingerprint density at radius 3 is 1.84 bits per heavy atom. The van der Waals surface area contributed by atoms with Gasteiger partial charge in [0, 0.05) is 6.42 Å². The monoisotopic (exact) mass is 358 g/mol. The average molecular weight is 358 g/mol. The summed E-state index contributed by atoms with van der Waals surface area (Å²) in [6.07, 6.45) is 9.73. The van der Waals surface area contributed by atoms with Gasteiger partial charge >= 0.3 is 17.9 Å². The third kappa shape index (κ3) is 12.4. The smallest absolute Gasteiger partial charge is 0.308 e. The molecule has 0 aliphatic carbocycles. The Hall–Kier alpha value is -1.59. The number of hydrogen-bond donors (Lipinski definition) is 1. The van der Waals surface area contributed by atoms with Crippen molar-refractivity contribution in [2.75, 3.05) is 14.2 Å². The number of aliphatic carboxylic acids is 1. The fourth-order valence-corrected chi connectivity index (χ4v) is 2.89. The third-order valence-electron chi connectivity index (χ3n) is 4.50. The first-order chi connectivity index (χ1) is 11.9. The molecule has 0 fully saturated rings. The minimum Gasteiger partial charge on any atom is -0.481 e. The lowest BCUT2D eigenvalue weighted by atomic mass is 9.91. The Labute approximate surface area is 151 Å². The molecule has 0 rings (SSSR count). The zero-order chi connectivity index (χ0) is 19.1. The molecule has 0 bridgehead atoms. The maximum absolute atomic E-state index is 11.4. The molecule has 1 N–H and O–H groups in total. The van der Waals surface area contributed by atoms with Crippen LogP contribution in [0.2, 0.25) is 0 Å². The normalized spacial score (nSPS) is 13.1. The van der Waals surface area contributed by atoms with Crippen LogP contribution in [0.25, 0.3) is 0 Å². The molecule has 6 heteroatoms. The van der Waals surface area contributed by atoms with Gasteiger partial charge in [0.1, 0.15) is 0 Å². The second-order valence-corrected chi connectivity index (χ2v) is 6.64. The Kier molecular flexibility index (Phi) is 13.8. The largest absolute Gasteiger partial charge is 0.481 e. The predicted octanol–water partition coefficient (Wildman–Crippen LogP) is 3.96. The van der Waals surface area contributed by atoms with Crippen molar-refractivity contribution in [3.05, 3.63) is 0 Å². The topological polar surface area (TPSA) is 89.9 Å². The molecule has 0 aromatic heterocycles. The number of carbonyl (C=O) groups excluding carboxylic acids is 2. The van der Waals surface area contributed by atoms with Crippen molar-refractivity contribution in [2.24, 2.45) is 11.8 Å². The van der Waals surface area contributed by atoms with Gasteiger partial charge < -0.3 is 14.6 Å². The minimum atomic E-state index is -0.832. The van der Waals surface area contributed by atoms with Crippen LogP contribution in [0, 0.1) is 11.8 Å². The van der Waals surface area contributed by atoms with E-state index in [9.17, 15) is 19.5 Å². The number of methoxy groups -OCH3 is 2. The molecule has 6 nitrogen and oxygen atoms in total. The van der Waals surface area contributed by atoms with E-state index in [-0.39, 0.29) is 17.9 Å². The number of hydrogen-bond acceptors (Lipinski definition) is 5. The minimum absolute atomic E-state index is 0.144. The van der Waals surface area contributed by atoms with Crippen molar-refractivity contribution >= 4 is 17.9 Å². The highest BCUT2D eigenvalue weighted by Crippen LogP contribution is 2.21. The zero-order valence-electron chi connectivity index (χ0n) is 15.9. The molecule has 146 valence electrons. The van der Waals surface area contributed by atoms with Gasteiger partial charge in [-0.25, -0.2) is 0 Å². The van der Waals surface area contributed by atoms with Gasteiger partial charge in [0.25, 0.3) is 0 Å². The lowest BCUT2D eigenvalue weighted by molar-refractivity contribution is -0.147. The van der Waals surface area contributed by atoms with Crippen LogP contribution in [0.5, 0.6) is 0 Å². The Morgan fingerprint density at radius 2 is 1.36 bits per heavy atom. The Balaban J connectivity index is 3.68. The van der Waals surface area contributed by atoms with Crippen LogP contribution < -0.4 is 0 Å². The molecule has 0 aliphatic heterocycles. The van der Waals surface area contributed by atoms with Gasteiger partial charge in [-0.1, -0.05) is 51.9 Å². The van der Waals surface area contributed by atoms with Crippen molar-refractivity contribution in [2.45, 2.75) is 77.6 Å². The summed E-state index contributed by atoms with van der Waals surface area (Å²) >= 11 is 0. The molecule has 0 spiro atoms. The van der Waals surface area contributed by atoms with E-state index in [1.54, 1.807) is 6.92 Å². The van der Waals surface area contributed by atoms with Crippen LogP contribution in [0.15, 0.2) is 0 Å². The molecule has 0 saturated heterocycles. The predicted molar refractivity (Wildman–Crippen MR) is 95.1 cm³/mol. The zero-order valence-corrected chi connectivity index (χ0v) is 15.9. The molecule has 0 saturated carbocycles. The third-order valence-corrected chi connectivity index (χ3v) is 4.50. The van der Waals surface area contributed by atoms with E-state index in [0.717, 1.165) is 51.4 Å². The van der Waals surface area contributed by atoms with E-state index in [0.29, 0.717) is 19.3 Å². The molecule has 0 aromatic carbocycles. The number of carboxylic acid groups (broad SMARTS) is 1. The molecule has 25 heavy (non-hydrogen) atoms. The van der Waals surface area contributed by atoms with Gasteiger partial charge in [0.2, 0.25) is 0 Å². The van der Waals surface area contributed by atoms with E-state index >= 15 is 0 Å². The summed E-state index contributed by atoms with van der Waals surface area (Å²) < 4.78 is 9.25. The highest BCUT2D eigenvalue weighted by atomic mass is 16.5. The second-order valence-electron chi connectivity index (χ2n) is 6.64. The maximum Gasteiger partial charge on any atom is 0.308 e. The SMILES string of the molecule is COC(=O)CCCCCCCCCCC(CC(C)C(=O)OC)C(=O)O.